The van der Waals surface area contributed by atoms with Crippen LogP contribution in [0.3, 0.4) is 0 Å². The average molecular weight is 226 g/mol. The Kier molecular flexibility index (Phi) is 5.26. The number of carbonyl (C=O) groups is 1. The lowest BCUT2D eigenvalue weighted by atomic mass is 9.81. The van der Waals surface area contributed by atoms with Crippen LogP contribution in [0.25, 0.3) is 0 Å². The molecule has 0 spiro atoms. The van der Waals surface area contributed by atoms with Crippen LogP contribution in [0, 0.1) is 17.8 Å². The molecule has 1 fully saturated rings. The van der Waals surface area contributed by atoms with E-state index in [2.05, 4.69) is 26.1 Å². The number of nitrogens with two attached hydrogens (primary N) is 1. The predicted molar refractivity (Wildman–Crippen MR) is 66.9 cm³/mol. The molecule has 1 aliphatic carbocycles. The number of carbonyl (C=O) groups excluding carboxylic acids is 1. The summed E-state index contributed by atoms with van der Waals surface area (Å²) in [6, 6.07) is 0.269. The maximum Gasteiger partial charge on any atom is 0.223 e. The molecule has 0 aromatic rings. The van der Waals surface area contributed by atoms with Crippen molar-refractivity contribution < 1.29 is 4.79 Å². The van der Waals surface area contributed by atoms with Crippen molar-refractivity contribution in [3.05, 3.63) is 0 Å². The van der Waals surface area contributed by atoms with Crippen LogP contribution >= 0.6 is 0 Å². The lowest BCUT2D eigenvalue weighted by Crippen LogP contribution is -2.41. The predicted octanol–water partition coefficient (Wildman–Crippen LogP) is 1.91. The summed E-state index contributed by atoms with van der Waals surface area (Å²) < 4.78 is 0. The molecule has 0 aliphatic heterocycles. The van der Waals surface area contributed by atoms with Crippen molar-refractivity contribution in [2.24, 2.45) is 23.5 Å². The van der Waals surface area contributed by atoms with Crippen LogP contribution < -0.4 is 11.1 Å². The fraction of sp³-hybridized carbons (Fsp3) is 0.923. The van der Waals surface area contributed by atoms with E-state index in [-0.39, 0.29) is 17.9 Å². The van der Waals surface area contributed by atoms with Crippen molar-refractivity contribution >= 4 is 5.91 Å². The number of hydrogen-bond acceptors (Lipinski definition) is 2. The smallest absolute Gasteiger partial charge is 0.223 e. The summed E-state index contributed by atoms with van der Waals surface area (Å²) in [6.07, 6.45) is 4.36. The first kappa shape index (κ1) is 13.5. The van der Waals surface area contributed by atoms with Gasteiger partial charge < -0.3 is 11.1 Å². The summed E-state index contributed by atoms with van der Waals surface area (Å²) in [5.74, 6) is 1.49. The van der Waals surface area contributed by atoms with Crippen molar-refractivity contribution in [1.82, 2.24) is 5.32 Å². The highest BCUT2D eigenvalue weighted by molar-refractivity contribution is 5.79. The lowest BCUT2D eigenvalue weighted by molar-refractivity contribution is -0.127. The summed E-state index contributed by atoms with van der Waals surface area (Å²) in [5, 5.41) is 3.11. The van der Waals surface area contributed by atoms with E-state index in [9.17, 15) is 4.79 Å². The standard InChI is InChI=1S/C13H26N2O/c1-9(2)10(3)15-13(16)12-6-4-5-11(7-12)8-14/h9-12H,4-8,14H2,1-3H3,(H,15,16). The van der Waals surface area contributed by atoms with Gasteiger partial charge in [-0.25, -0.2) is 0 Å². The van der Waals surface area contributed by atoms with Gasteiger partial charge >= 0.3 is 0 Å². The van der Waals surface area contributed by atoms with Gasteiger partial charge in [-0.1, -0.05) is 20.3 Å². The van der Waals surface area contributed by atoms with Crippen molar-refractivity contribution in [2.45, 2.75) is 52.5 Å². The fourth-order valence-electron chi connectivity index (χ4n) is 2.25. The molecule has 0 heterocycles. The molecule has 0 saturated heterocycles. The van der Waals surface area contributed by atoms with Crippen LogP contribution in [0.5, 0.6) is 0 Å². The SMILES string of the molecule is CC(C)C(C)NC(=O)C1CCCC(CN)C1. The zero-order chi connectivity index (χ0) is 12.1. The first-order valence-electron chi connectivity index (χ1n) is 6.55. The molecule has 0 bridgehead atoms. The average Bonchev–Trinajstić information content (AvgIpc) is 2.28. The first-order chi connectivity index (χ1) is 7.54. The van der Waals surface area contributed by atoms with Gasteiger partial charge in [0, 0.05) is 12.0 Å². The van der Waals surface area contributed by atoms with E-state index >= 15 is 0 Å². The Labute approximate surface area is 99.2 Å². The molecule has 3 unspecified atom stereocenters. The van der Waals surface area contributed by atoms with Gasteiger partial charge in [-0.3, -0.25) is 4.79 Å². The first-order valence-corrected chi connectivity index (χ1v) is 6.55. The molecular formula is C13H26N2O. The normalized spacial score (nSPS) is 27.8. The third-order valence-corrected chi connectivity index (χ3v) is 3.86. The van der Waals surface area contributed by atoms with Gasteiger partial charge in [0.05, 0.1) is 0 Å². The monoisotopic (exact) mass is 226 g/mol. The number of nitrogens with one attached hydrogen (secondary N) is 1. The van der Waals surface area contributed by atoms with Crippen LogP contribution in [0.2, 0.25) is 0 Å². The Morgan fingerprint density at radius 1 is 1.38 bits per heavy atom. The van der Waals surface area contributed by atoms with E-state index in [0.29, 0.717) is 11.8 Å². The van der Waals surface area contributed by atoms with Gasteiger partial charge in [0.15, 0.2) is 0 Å². The molecule has 3 atom stereocenters. The molecule has 3 nitrogen and oxygen atoms in total. The third-order valence-electron chi connectivity index (χ3n) is 3.86. The van der Waals surface area contributed by atoms with Crippen LogP contribution in [0.1, 0.15) is 46.5 Å². The molecule has 3 heteroatoms. The van der Waals surface area contributed by atoms with Gasteiger partial charge in [0.2, 0.25) is 5.91 Å². The summed E-state index contributed by atoms with van der Waals surface area (Å²) >= 11 is 0. The summed E-state index contributed by atoms with van der Waals surface area (Å²) in [7, 11) is 0. The molecule has 0 radical (unpaired) electrons. The topological polar surface area (TPSA) is 55.1 Å². The maximum atomic E-state index is 12.0. The highest BCUT2D eigenvalue weighted by Gasteiger charge is 2.27. The Morgan fingerprint density at radius 3 is 2.62 bits per heavy atom. The Morgan fingerprint density at radius 2 is 2.06 bits per heavy atom. The zero-order valence-corrected chi connectivity index (χ0v) is 10.8. The lowest BCUT2D eigenvalue weighted by Gasteiger charge is -2.29. The maximum absolute atomic E-state index is 12.0. The largest absolute Gasteiger partial charge is 0.353 e. The van der Waals surface area contributed by atoms with E-state index < -0.39 is 0 Å². The van der Waals surface area contributed by atoms with E-state index in [1.807, 2.05) is 0 Å². The number of amides is 1. The van der Waals surface area contributed by atoms with Gasteiger partial charge in [-0.05, 0) is 44.6 Å². The van der Waals surface area contributed by atoms with E-state index in [1.165, 1.54) is 6.42 Å². The molecule has 3 N–H and O–H groups in total. The highest BCUT2D eigenvalue weighted by Crippen LogP contribution is 2.28. The molecule has 1 saturated carbocycles. The van der Waals surface area contributed by atoms with Crippen LogP contribution in [0.4, 0.5) is 0 Å². The van der Waals surface area contributed by atoms with Crippen LogP contribution in [0.15, 0.2) is 0 Å². The van der Waals surface area contributed by atoms with Crippen molar-refractivity contribution in [2.75, 3.05) is 6.54 Å². The number of hydrogen-bond donors (Lipinski definition) is 2. The van der Waals surface area contributed by atoms with Gasteiger partial charge in [0.1, 0.15) is 0 Å². The third kappa shape index (κ3) is 3.78. The molecule has 94 valence electrons. The van der Waals surface area contributed by atoms with Gasteiger partial charge in [-0.15, -0.1) is 0 Å². The minimum absolute atomic E-state index is 0.198. The van der Waals surface area contributed by atoms with Crippen molar-refractivity contribution in [1.29, 1.82) is 0 Å². The molecule has 1 aliphatic rings. The summed E-state index contributed by atoms with van der Waals surface area (Å²) in [4.78, 5) is 12.0. The van der Waals surface area contributed by atoms with E-state index in [1.54, 1.807) is 0 Å². The van der Waals surface area contributed by atoms with Gasteiger partial charge in [0.25, 0.3) is 0 Å². The molecule has 0 aromatic heterocycles. The second-order valence-corrected chi connectivity index (χ2v) is 5.51. The molecular weight excluding hydrogens is 200 g/mol. The van der Waals surface area contributed by atoms with Crippen LogP contribution in [-0.2, 0) is 4.79 Å². The number of rotatable bonds is 4. The van der Waals surface area contributed by atoms with Gasteiger partial charge in [-0.2, -0.15) is 0 Å². The quantitative estimate of drug-likeness (QED) is 0.769. The van der Waals surface area contributed by atoms with E-state index in [0.717, 1.165) is 25.8 Å². The van der Waals surface area contributed by atoms with Crippen molar-refractivity contribution in [3.63, 3.8) is 0 Å². The van der Waals surface area contributed by atoms with E-state index in [4.69, 9.17) is 5.73 Å². The Hall–Kier alpha value is -0.570. The Bertz CT molecular complexity index is 228. The second kappa shape index (κ2) is 6.24. The highest BCUT2D eigenvalue weighted by atomic mass is 16.1. The Balaban J connectivity index is 2.41. The zero-order valence-electron chi connectivity index (χ0n) is 10.8. The summed E-state index contributed by atoms with van der Waals surface area (Å²) in [5.41, 5.74) is 5.68. The fourth-order valence-corrected chi connectivity index (χ4v) is 2.25. The molecule has 1 amide bonds. The minimum atomic E-state index is 0.198. The molecule has 16 heavy (non-hydrogen) atoms. The van der Waals surface area contributed by atoms with Crippen LogP contribution in [-0.4, -0.2) is 18.5 Å². The summed E-state index contributed by atoms with van der Waals surface area (Å²) in [6.45, 7) is 7.07. The molecule has 0 aromatic carbocycles. The minimum Gasteiger partial charge on any atom is -0.353 e. The second-order valence-electron chi connectivity index (χ2n) is 5.51. The van der Waals surface area contributed by atoms with Crippen molar-refractivity contribution in [3.8, 4) is 0 Å². The molecule has 1 rings (SSSR count).